The van der Waals surface area contributed by atoms with E-state index in [9.17, 15) is 14.7 Å². The van der Waals surface area contributed by atoms with E-state index in [1.54, 1.807) is 36.4 Å². The molecule has 0 bridgehead atoms. The minimum absolute atomic E-state index is 0.0334. The van der Waals surface area contributed by atoms with Gasteiger partial charge in [-0.05, 0) is 30.3 Å². The molecule has 2 heterocycles. The molecule has 130 valence electrons. The fourth-order valence-electron chi connectivity index (χ4n) is 2.85. The number of rotatable bonds is 2. The summed E-state index contributed by atoms with van der Waals surface area (Å²) in [7, 11) is 1.50. The standard InChI is InChI=1S/C18H12ClN3O4/c1-26-11-4-2-3-10(8-11)22-18(25)14-15(17(24)21-22)20-13-7-9(19)5-6-12(13)16(14)23/h2-8H,1H3,(H,20,23)(H,21,24). The van der Waals surface area contributed by atoms with Gasteiger partial charge in [-0.1, -0.05) is 17.7 Å². The minimum atomic E-state index is -0.649. The molecule has 0 saturated heterocycles. The molecular formula is C18H12ClN3O4. The van der Waals surface area contributed by atoms with Gasteiger partial charge in [0.2, 0.25) is 5.43 Å². The van der Waals surface area contributed by atoms with Crippen LogP contribution in [0.2, 0.25) is 5.02 Å². The van der Waals surface area contributed by atoms with Gasteiger partial charge >= 0.3 is 0 Å². The minimum Gasteiger partial charge on any atom is -0.497 e. The van der Waals surface area contributed by atoms with Gasteiger partial charge in [-0.25, -0.2) is 0 Å². The molecule has 0 unspecified atom stereocenters. The van der Waals surface area contributed by atoms with Crippen LogP contribution in [0.15, 0.2) is 52.1 Å². The summed E-state index contributed by atoms with van der Waals surface area (Å²) in [6.07, 6.45) is 0. The van der Waals surface area contributed by atoms with Crippen molar-refractivity contribution in [2.24, 2.45) is 0 Å². The number of hydrogen-bond donors (Lipinski definition) is 2. The Morgan fingerprint density at radius 3 is 2.77 bits per heavy atom. The van der Waals surface area contributed by atoms with Gasteiger partial charge in [-0.2, -0.15) is 4.68 Å². The number of methoxy groups -OCH3 is 1. The lowest BCUT2D eigenvalue weighted by molar-refractivity contribution is 0.414. The third kappa shape index (κ3) is 2.41. The molecule has 26 heavy (non-hydrogen) atoms. The number of benzene rings is 2. The van der Waals surface area contributed by atoms with E-state index in [0.717, 1.165) is 4.68 Å². The van der Waals surface area contributed by atoms with Gasteiger partial charge in [-0.3, -0.25) is 9.59 Å². The summed E-state index contributed by atoms with van der Waals surface area (Å²) in [5.74, 6) is 0.0410. The third-order valence-corrected chi connectivity index (χ3v) is 4.32. The first-order valence-electron chi connectivity index (χ1n) is 7.61. The predicted molar refractivity (Wildman–Crippen MR) is 98.7 cm³/mol. The van der Waals surface area contributed by atoms with Gasteiger partial charge in [0.25, 0.3) is 11.4 Å². The van der Waals surface area contributed by atoms with Crippen LogP contribution in [0.4, 0.5) is 0 Å². The molecule has 4 aromatic rings. The molecule has 0 saturated carbocycles. The Labute approximate surface area is 151 Å². The molecule has 2 N–H and O–H groups in total. The molecule has 2 aromatic heterocycles. The predicted octanol–water partition coefficient (Wildman–Crippen LogP) is 2.59. The highest BCUT2D eigenvalue weighted by Crippen LogP contribution is 2.22. The smallest absolute Gasteiger partial charge is 0.285 e. The molecule has 0 fully saturated rings. The Kier molecular flexibility index (Phi) is 3.66. The van der Waals surface area contributed by atoms with Crippen LogP contribution < -0.4 is 15.7 Å². The molecule has 2 aromatic carbocycles. The molecular weight excluding hydrogens is 358 g/mol. The number of hydrogen-bond acceptors (Lipinski definition) is 5. The van der Waals surface area contributed by atoms with Crippen LogP contribution in [0.1, 0.15) is 0 Å². The highest BCUT2D eigenvalue weighted by atomic mass is 35.5. The topological polar surface area (TPSA) is 97.2 Å². The average molecular weight is 370 g/mol. The van der Waals surface area contributed by atoms with E-state index in [1.807, 2.05) is 0 Å². The van der Waals surface area contributed by atoms with E-state index in [4.69, 9.17) is 16.3 Å². The summed E-state index contributed by atoms with van der Waals surface area (Å²) in [5.41, 5.74) is -0.421. The van der Waals surface area contributed by atoms with E-state index in [-0.39, 0.29) is 10.9 Å². The molecule has 4 rings (SSSR count). The van der Waals surface area contributed by atoms with Crippen LogP contribution in [-0.4, -0.2) is 27.0 Å². The summed E-state index contributed by atoms with van der Waals surface area (Å²) in [4.78, 5) is 28.6. The number of nitrogens with one attached hydrogen (secondary N) is 1. The normalized spacial score (nSPS) is 11.2. The second-order valence-corrected chi connectivity index (χ2v) is 6.07. The van der Waals surface area contributed by atoms with E-state index in [0.29, 0.717) is 27.4 Å². The van der Waals surface area contributed by atoms with Crippen molar-refractivity contribution in [3.63, 3.8) is 0 Å². The van der Waals surface area contributed by atoms with Crippen LogP contribution in [0.25, 0.3) is 27.5 Å². The van der Waals surface area contributed by atoms with Crippen molar-refractivity contribution in [1.82, 2.24) is 14.8 Å². The number of nitrogens with zero attached hydrogens (tertiary/aromatic N) is 2. The van der Waals surface area contributed by atoms with Gasteiger partial charge in [0, 0.05) is 16.5 Å². The molecule has 0 aliphatic rings. The Balaban J connectivity index is 2.13. The fourth-order valence-corrected chi connectivity index (χ4v) is 3.02. The Morgan fingerprint density at radius 2 is 2.00 bits per heavy atom. The lowest BCUT2D eigenvalue weighted by Crippen LogP contribution is -2.26. The van der Waals surface area contributed by atoms with E-state index in [2.05, 4.69) is 10.1 Å². The highest BCUT2D eigenvalue weighted by molar-refractivity contribution is 6.31. The van der Waals surface area contributed by atoms with Crippen molar-refractivity contribution in [3.8, 4) is 17.3 Å². The Hall–Kier alpha value is -3.32. The summed E-state index contributed by atoms with van der Waals surface area (Å²) in [6.45, 7) is 0. The van der Waals surface area contributed by atoms with Gasteiger partial charge in [-0.15, -0.1) is 5.10 Å². The van der Waals surface area contributed by atoms with Crippen molar-refractivity contribution >= 4 is 33.4 Å². The Bertz CT molecular complexity index is 1290. The molecule has 0 spiro atoms. The molecule has 0 radical (unpaired) electrons. The van der Waals surface area contributed by atoms with Crippen molar-refractivity contribution < 1.29 is 9.84 Å². The molecule has 0 aliphatic carbocycles. The molecule has 8 heteroatoms. The van der Waals surface area contributed by atoms with Crippen LogP contribution in [0.5, 0.6) is 11.6 Å². The molecule has 0 atom stereocenters. The van der Waals surface area contributed by atoms with E-state index < -0.39 is 16.9 Å². The number of aromatic amines is 1. The zero-order valence-corrected chi connectivity index (χ0v) is 14.2. The second-order valence-electron chi connectivity index (χ2n) is 5.64. The number of aromatic nitrogens is 3. The first-order chi connectivity index (χ1) is 12.5. The maximum absolute atomic E-state index is 12.9. The third-order valence-electron chi connectivity index (χ3n) is 4.09. The van der Waals surface area contributed by atoms with Gasteiger partial charge < -0.3 is 14.8 Å². The lowest BCUT2D eigenvalue weighted by Gasteiger charge is -2.09. The highest BCUT2D eigenvalue weighted by Gasteiger charge is 2.17. The summed E-state index contributed by atoms with van der Waals surface area (Å²) in [5, 5.41) is 14.8. The van der Waals surface area contributed by atoms with Crippen LogP contribution in [0, 0.1) is 0 Å². The maximum Gasteiger partial charge on any atom is 0.285 e. The molecule has 0 aliphatic heterocycles. The average Bonchev–Trinajstić information content (AvgIpc) is 2.64. The number of pyridine rings is 1. The van der Waals surface area contributed by atoms with Crippen LogP contribution in [-0.2, 0) is 0 Å². The zero-order valence-electron chi connectivity index (χ0n) is 13.5. The first-order valence-corrected chi connectivity index (χ1v) is 7.99. The SMILES string of the molecule is COc1cccc(-n2nc(O)c3[nH]c4cc(Cl)ccc4c(=O)c3c2=O)c1. The quantitative estimate of drug-likeness (QED) is 0.529. The molecule has 7 nitrogen and oxygen atoms in total. The van der Waals surface area contributed by atoms with Gasteiger partial charge in [0.15, 0.2) is 0 Å². The lowest BCUT2D eigenvalue weighted by atomic mass is 10.1. The summed E-state index contributed by atoms with van der Waals surface area (Å²) in [6, 6.07) is 11.2. The van der Waals surface area contributed by atoms with Gasteiger partial charge in [0.05, 0.1) is 18.3 Å². The van der Waals surface area contributed by atoms with Crippen molar-refractivity contribution in [3.05, 3.63) is 68.1 Å². The summed E-state index contributed by atoms with van der Waals surface area (Å²) >= 11 is 5.95. The summed E-state index contributed by atoms with van der Waals surface area (Å²) < 4.78 is 6.11. The number of fused-ring (bicyclic) bond motifs is 2. The molecule has 0 amide bonds. The number of ether oxygens (including phenoxy) is 1. The van der Waals surface area contributed by atoms with Crippen LogP contribution in [0.3, 0.4) is 0 Å². The van der Waals surface area contributed by atoms with E-state index in [1.165, 1.54) is 13.2 Å². The zero-order chi connectivity index (χ0) is 18.4. The maximum atomic E-state index is 12.9. The number of aromatic hydroxyl groups is 1. The first kappa shape index (κ1) is 16.2. The number of halogens is 1. The van der Waals surface area contributed by atoms with Crippen molar-refractivity contribution in [1.29, 1.82) is 0 Å². The second kappa shape index (κ2) is 5.89. The fraction of sp³-hybridized carbons (Fsp3) is 0.0556. The van der Waals surface area contributed by atoms with Crippen molar-refractivity contribution in [2.45, 2.75) is 0 Å². The Morgan fingerprint density at radius 1 is 1.19 bits per heavy atom. The van der Waals surface area contributed by atoms with Crippen molar-refractivity contribution in [2.75, 3.05) is 7.11 Å². The largest absolute Gasteiger partial charge is 0.497 e. The van der Waals surface area contributed by atoms with Crippen LogP contribution >= 0.6 is 11.6 Å². The van der Waals surface area contributed by atoms with Gasteiger partial charge in [0.1, 0.15) is 16.7 Å². The monoisotopic (exact) mass is 369 g/mol. The number of H-pyrrole nitrogens is 1. The van der Waals surface area contributed by atoms with E-state index >= 15 is 0 Å².